The fourth-order valence-electron chi connectivity index (χ4n) is 1.72. The van der Waals surface area contributed by atoms with Crippen molar-refractivity contribution in [1.82, 2.24) is 0 Å². The Balaban J connectivity index is 2.00. The molecule has 0 aliphatic rings. The van der Waals surface area contributed by atoms with E-state index in [0.29, 0.717) is 22.5 Å². The Morgan fingerprint density at radius 2 is 1.68 bits per heavy atom. The number of ether oxygens (including phenoxy) is 1. The van der Waals surface area contributed by atoms with E-state index in [1.165, 1.54) is 6.07 Å². The molecular weight excluding hydrogens is 244 g/mol. The van der Waals surface area contributed by atoms with E-state index in [-0.39, 0.29) is 24.7 Å². The highest BCUT2D eigenvalue weighted by atomic mass is 16.5. The number of aromatic hydroxyl groups is 2. The fraction of sp³-hybridized carbons (Fsp3) is 0.143. The molecule has 2 aromatic rings. The number of benzene rings is 2. The van der Waals surface area contributed by atoms with Crippen LogP contribution in [-0.2, 0) is 18.0 Å². The van der Waals surface area contributed by atoms with E-state index in [2.05, 4.69) is 0 Å². The van der Waals surface area contributed by atoms with Crippen LogP contribution in [0.25, 0.3) is 0 Å². The van der Waals surface area contributed by atoms with Crippen LogP contribution in [0.2, 0.25) is 0 Å². The quantitative estimate of drug-likeness (QED) is 0.382. The largest absolute Gasteiger partial charge is 0.508 e. The third-order valence-electron chi connectivity index (χ3n) is 2.77. The van der Waals surface area contributed by atoms with Crippen molar-refractivity contribution >= 4 is 11.4 Å². The summed E-state index contributed by atoms with van der Waals surface area (Å²) in [7, 11) is 0. The van der Waals surface area contributed by atoms with Gasteiger partial charge in [0.05, 0.1) is 18.9 Å². The molecule has 0 aliphatic heterocycles. The van der Waals surface area contributed by atoms with Gasteiger partial charge in [-0.2, -0.15) is 0 Å². The van der Waals surface area contributed by atoms with Gasteiger partial charge in [0.2, 0.25) is 0 Å². The number of hydrogen-bond donors (Lipinski definition) is 4. The van der Waals surface area contributed by atoms with E-state index in [9.17, 15) is 10.2 Å². The van der Waals surface area contributed by atoms with E-state index in [0.717, 1.165) is 0 Å². The van der Waals surface area contributed by atoms with E-state index in [1.54, 1.807) is 30.3 Å². The second kappa shape index (κ2) is 5.49. The maximum atomic E-state index is 9.72. The normalized spacial score (nSPS) is 10.5. The van der Waals surface area contributed by atoms with Crippen LogP contribution in [0.1, 0.15) is 11.1 Å². The zero-order valence-electron chi connectivity index (χ0n) is 10.3. The van der Waals surface area contributed by atoms with E-state index < -0.39 is 0 Å². The van der Waals surface area contributed by atoms with Crippen LogP contribution in [0.5, 0.6) is 11.5 Å². The lowest BCUT2D eigenvalue weighted by Crippen LogP contribution is -1.97. The zero-order chi connectivity index (χ0) is 13.8. The van der Waals surface area contributed by atoms with Crippen LogP contribution in [0.3, 0.4) is 0 Å². The molecule has 0 amide bonds. The monoisotopic (exact) mass is 260 g/mol. The van der Waals surface area contributed by atoms with Gasteiger partial charge in [0, 0.05) is 16.8 Å². The first-order chi connectivity index (χ1) is 9.08. The summed E-state index contributed by atoms with van der Waals surface area (Å²) in [5.74, 6) is 0.158. The van der Waals surface area contributed by atoms with Crippen molar-refractivity contribution in [3.63, 3.8) is 0 Å². The molecule has 5 nitrogen and oxygen atoms in total. The molecule has 0 aromatic heterocycles. The molecule has 2 rings (SSSR count). The van der Waals surface area contributed by atoms with Gasteiger partial charge in [-0.15, -0.1) is 0 Å². The molecule has 0 unspecified atom stereocenters. The van der Waals surface area contributed by atoms with Crippen molar-refractivity contribution in [3.05, 3.63) is 47.5 Å². The maximum absolute atomic E-state index is 9.72. The summed E-state index contributed by atoms with van der Waals surface area (Å²) >= 11 is 0. The maximum Gasteiger partial charge on any atom is 0.143 e. The number of para-hydroxylation sites is 1. The molecule has 0 bridgehead atoms. The molecule has 100 valence electrons. The third-order valence-corrected chi connectivity index (χ3v) is 2.77. The smallest absolute Gasteiger partial charge is 0.143 e. The fourth-order valence-corrected chi connectivity index (χ4v) is 1.72. The second-order valence-corrected chi connectivity index (χ2v) is 4.24. The molecule has 0 aliphatic carbocycles. The molecule has 19 heavy (non-hydrogen) atoms. The topological polar surface area (TPSA) is 102 Å². The Labute approximate surface area is 111 Å². The zero-order valence-corrected chi connectivity index (χ0v) is 10.3. The van der Waals surface area contributed by atoms with Crippen molar-refractivity contribution < 1.29 is 14.9 Å². The van der Waals surface area contributed by atoms with Crippen molar-refractivity contribution in [2.75, 3.05) is 11.5 Å². The van der Waals surface area contributed by atoms with Crippen molar-refractivity contribution in [2.45, 2.75) is 13.2 Å². The van der Waals surface area contributed by atoms with Crippen LogP contribution >= 0.6 is 0 Å². The molecule has 0 radical (unpaired) electrons. The van der Waals surface area contributed by atoms with Crippen LogP contribution in [0.15, 0.2) is 36.4 Å². The molecular formula is C14H16N2O3. The first kappa shape index (κ1) is 13.0. The number of phenolic OH excluding ortho intramolecular Hbond substituents is 2. The molecule has 0 saturated heterocycles. The average Bonchev–Trinajstić information content (AvgIpc) is 2.38. The van der Waals surface area contributed by atoms with E-state index in [1.807, 2.05) is 0 Å². The summed E-state index contributed by atoms with van der Waals surface area (Å²) in [6.07, 6.45) is 0. The number of anilines is 2. The number of rotatable bonds is 4. The summed E-state index contributed by atoms with van der Waals surface area (Å²) < 4.78 is 5.45. The SMILES string of the molecule is Nc1ccc(O)c(COCc2cccc(N)c2O)c1. The van der Waals surface area contributed by atoms with Crippen molar-refractivity contribution in [3.8, 4) is 11.5 Å². The minimum atomic E-state index is 0.0271. The summed E-state index contributed by atoms with van der Waals surface area (Å²) in [6, 6.07) is 9.86. The van der Waals surface area contributed by atoms with Gasteiger partial charge in [-0.1, -0.05) is 12.1 Å². The summed E-state index contributed by atoms with van der Waals surface area (Å²) in [5.41, 5.74) is 13.3. The number of nitrogens with two attached hydrogens (primary N) is 2. The Hall–Kier alpha value is -2.40. The second-order valence-electron chi connectivity index (χ2n) is 4.24. The van der Waals surface area contributed by atoms with Crippen LogP contribution in [-0.4, -0.2) is 10.2 Å². The first-order valence-corrected chi connectivity index (χ1v) is 5.79. The molecule has 0 atom stereocenters. The number of hydrogen-bond acceptors (Lipinski definition) is 5. The van der Waals surface area contributed by atoms with Gasteiger partial charge >= 0.3 is 0 Å². The van der Waals surface area contributed by atoms with Crippen molar-refractivity contribution in [2.24, 2.45) is 0 Å². The number of phenols is 2. The van der Waals surface area contributed by atoms with Gasteiger partial charge in [-0.25, -0.2) is 0 Å². The van der Waals surface area contributed by atoms with Gasteiger partial charge in [0.25, 0.3) is 0 Å². The summed E-state index contributed by atoms with van der Waals surface area (Å²) in [6.45, 7) is 0.399. The average molecular weight is 260 g/mol. The van der Waals surface area contributed by atoms with E-state index in [4.69, 9.17) is 16.2 Å². The van der Waals surface area contributed by atoms with Crippen LogP contribution in [0.4, 0.5) is 11.4 Å². The molecule has 0 spiro atoms. The van der Waals surface area contributed by atoms with Crippen LogP contribution < -0.4 is 11.5 Å². The lowest BCUT2D eigenvalue weighted by atomic mass is 10.2. The van der Waals surface area contributed by atoms with Crippen molar-refractivity contribution in [1.29, 1.82) is 0 Å². The van der Waals surface area contributed by atoms with Gasteiger partial charge < -0.3 is 26.4 Å². The lowest BCUT2D eigenvalue weighted by molar-refractivity contribution is 0.104. The lowest BCUT2D eigenvalue weighted by Gasteiger charge is -2.09. The highest BCUT2D eigenvalue weighted by Crippen LogP contribution is 2.26. The van der Waals surface area contributed by atoms with Crippen LogP contribution in [0, 0.1) is 0 Å². The van der Waals surface area contributed by atoms with Gasteiger partial charge in [-0.05, 0) is 24.3 Å². The minimum Gasteiger partial charge on any atom is -0.508 e. The predicted molar refractivity (Wildman–Crippen MR) is 73.5 cm³/mol. The molecule has 0 saturated carbocycles. The first-order valence-electron chi connectivity index (χ1n) is 5.79. The molecule has 0 heterocycles. The van der Waals surface area contributed by atoms with Gasteiger partial charge in [0.1, 0.15) is 11.5 Å². The molecule has 2 aromatic carbocycles. The Bertz CT molecular complexity index is 583. The van der Waals surface area contributed by atoms with Gasteiger partial charge in [-0.3, -0.25) is 0 Å². The summed E-state index contributed by atoms with van der Waals surface area (Å²) in [5, 5.41) is 19.3. The molecule has 0 fully saturated rings. The Morgan fingerprint density at radius 3 is 2.47 bits per heavy atom. The highest BCUT2D eigenvalue weighted by molar-refractivity contribution is 5.55. The van der Waals surface area contributed by atoms with E-state index >= 15 is 0 Å². The summed E-state index contributed by atoms with van der Waals surface area (Å²) in [4.78, 5) is 0. The molecule has 5 heteroatoms. The molecule has 6 N–H and O–H groups in total. The predicted octanol–water partition coefficient (Wildman–Crippen LogP) is 1.98. The Kier molecular flexibility index (Phi) is 3.77. The minimum absolute atomic E-state index is 0.0271. The standard InChI is InChI=1S/C14H16N2O3/c15-11-4-5-13(17)10(6-11)8-19-7-9-2-1-3-12(16)14(9)18/h1-6,17-18H,7-8,15-16H2. The third kappa shape index (κ3) is 3.08. The number of nitrogen functional groups attached to an aromatic ring is 2. The highest BCUT2D eigenvalue weighted by Gasteiger charge is 2.06. The Morgan fingerprint density at radius 1 is 0.947 bits per heavy atom. The van der Waals surface area contributed by atoms with Gasteiger partial charge in [0.15, 0.2) is 0 Å².